The number of rotatable bonds is 4. The summed E-state index contributed by atoms with van der Waals surface area (Å²) in [6.45, 7) is 5.52. The lowest BCUT2D eigenvalue weighted by Crippen LogP contribution is -2.31. The van der Waals surface area contributed by atoms with E-state index in [1.807, 2.05) is 36.1 Å². The zero-order chi connectivity index (χ0) is 20.0. The molecule has 3 heterocycles. The van der Waals surface area contributed by atoms with Crippen molar-refractivity contribution in [1.29, 1.82) is 0 Å². The van der Waals surface area contributed by atoms with E-state index in [1.54, 1.807) is 0 Å². The number of imidazole rings is 2. The summed E-state index contributed by atoms with van der Waals surface area (Å²) in [6.07, 6.45) is 2.44. The molecule has 0 aliphatic carbocycles. The van der Waals surface area contributed by atoms with E-state index in [-0.39, 0.29) is 11.9 Å². The van der Waals surface area contributed by atoms with Crippen molar-refractivity contribution in [2.45, 2.75) is 45.7 Å². The van der Waals surface area contributed by atoms with Crippen molar-refractivity contribution in [1.82, 2.24) is 24.4 Å². The second-order valence-electron chi connectivity index (χ2n) is 7.94. The zero-order valence-corrected chi connectivity index (χ0v) is 16.9. The number of carbonyl (C=O) groups excluding carboxylic acids is 1. The van der Waals surface area contributed by atoms with Crippen molar-refractivity contribution in [3.05, 3.63) is 59.7 Å². The average molecular weight is 387 g/mol. The lowest BCUT2D eigenvalue weighted by molar-refractivity contribution is -0.132. The van der Waals surface area contributed by atoms with Crippen LogP contribution in [0, 0.1) is 13.8 Å². The molecule has 0 bridgehead atoms. The molecule has 6 nitrogen and oxygen atoms in total. The van der Waals surface area contributed by atoms with Gasteiger partial charge in [-0.1, -0.05) is 18.2 Å². The molecule has 5 rings (SSSR count). The van der Waals surface area contributed by atoms with Crippen LogP contribution in [0.25, 0.3) is 22.1 Å². The van der Waals surface area contributed by atoms with E-state index in [4.69, 9.17) is 4.98 Å². The monoisotopic (exact) mass is 387 g/mol. The number of amides is 1. The topological polar surface area (TPSA) is 66.8 Å². The molecule has 29 heavy (non-hydrogen) atoms. The number of aromatic nitrogens is 4. The van der Waals surface area contributed by atoms with Crippen LogP contribution in [0.5, 0.6) is 0 Å². The van der Waals surface area contributed by atoms with Gasteiger partial charge in [0.25, 0.3) is 0 Å². The third kappa shape index (κ3) is 3.18. The Bertz CT molecular complexity index is 1200. The van der Waals surface area contributed by atoms with Crippen molar-refractivity contribution in [3.8, 4) is 0 Å². The molecule has 0 unspecified atom stereocenters. The number of H-pyrrole nitrogens is 1. The minimum atomic E-state index is 0.0378. The normalized spacial score (nSPS) is 16.9. The number of likely N-dealkylation sites (tertiary alicyclic amines) is 1. The van der Waals surface area contributed by atoms with Crippen LogP contribution in [0.15, 0.2) is 42.5 Å². The Morgan fingerprint density at radius 3 is 2.90 bits per heavy atom. The summed E-state index contributed by atoms with van der Waals surface area (Å²) in [5.74, 6) is 2.03. The minimum Gasteiger partial charge on any atom is -0.340 e. The van der Waals surface area contributed by atoms with Crippen LogP contribution < -0.4 is 0 Å². The molecule has 1 saturated heterocycles. The van der Waals surface area contributed by atoms with Crippen molar-refractivity contribution < 1.29 is 4.79 Å². The molecule has 2 aromatic carbocycles. The Hall–Kier alpha value is -3.15. The Morgan fingerprint density at radius 2 is 2.00 bits per heavy atom. The predicted octanol–water partition coefficient (Wildman–Crippen LogP) is 4.28. The summed E-state index contributed by atoms with van der Waals surface area (Å²) < 4.78 is 2.14. The van der Waals surface area contributed by atoms with Crippen LogP contribution in [0.3, 0.4) is 0 Å². The lowest BCUT2D eigenvalue weighted by atomic mass is 10.2. The highest BCUT2D eigenvalue weighted by Gasteiger charge is 2.32. The van der Waals surface area contributed by atoms with Gasteiger partial charge in [-0.2, -0.15) is 0 Å². The Balaban J connectivity index is 1.35. The summed E-state index contributed by atoms with van der Waals surface area (Å²) >= 11 is 0. The first-order valence-electron chi connectivity index (χ1n) is 10.3. The summed E-state index contributed by atoms with van der Waals surface area (Å²) in [6, 6.07) is 14.3. The van der Waals surface area contributed by atoms with Gasteiger partial charge in [-0.05, 0) is 56.5 Å². The highest BCUT2D eigenvalue weighted by molar-refractivity contribution is 5.79. The number of aromatic amines is 1. The number of nitrogens with one attached hydrogen (secondary N) is 1. The molecule has 1 fully saturated rings. The first-order chi connectivity index (χ1) is 14.1. The molecule has 1 aliphatic rings. The maximum absolute atomic E-state index is 13.1. The predicted molar refractivity (Wildman–Crippen MR) is 114 cm³/mol. The molecule has 1 atom stereocenters. The van der Waals surface area contributed by atoms with Gasteiger partial charge in [-0.15, -0.1) is 0 Å². The van der Waals surface area contributed by atoms with Gasteiger partial charge in [0.15, 0.2) is 0 Å². The van der Waals surface area contributed by atoms with E-state index in [0.717, 1.165) is 53.1 Å². The van der Waals surface area contributed by atoms with Crippen LogP contribution in [-0.2, 0) is 11.3 Å². The van der Waals surface area contributed by atoms with Crippen LogP contribution in [0.4, 0.5) is 0 Å². The molecule has 0 saturated carbocycles. The SMILES string of the molecule is Cc1ccc2nc([C@H]3CCCN3C(=O)CCn3c(C)nc4ccccc43)[nH]c2c1. The van der Waals surface area contributed by atoms with Crippen molar-refractivity contribution >= 4 is 28.0 Å². The van der Waals surface area contributed by atoms with Gasteiger partial charge in [0.2, 0.25) is 5.91 Å². The summed E-state index contributed by atoms with van der Waals surface area (Å²) in [4.78, 5) is 27.9. The van der Waals surface area contributed by atoms with Crippen molar-refractivity contribution in [3.63, 3.8) is 0 Å². The van der Waals surface area contributed by atoms with Crippen LogP contribution >= 0.6 is 0 Å². The number of para-hydroxylation sites is 2. The highest BCUT2D eigenvalue weighted by Crippen LogP contribution is 2.32. The first kappa shape index (κ1) is 17.9. The maximum Gasteiger partial charge on any atom is 0.224 e. The van der Waals surface area contributed by atoms with Crippen LogP contribution in [0.1, 0.15) is 42.5 Å². The number of hydrogen-bond acceptors (Lipinski definition) is 3. The maximum atomic E-state index is 13.1. The molecule has 4 aromatic rings. The first-order valence-corrected chi connectivity index (χ1v) is 10.3. The van der Waals surface area contributed by atoms with E-state index in [2.05, 4.69) is 39.7 Å². The van der Waals surface area contributed by atoms with E-state index in [1.165, 1.54) is 5.56 Å². The largest absolute Gasteiger partial charge is 0.340 e. The van der Waals surface area contributed by atoms with E-state index in [9.17, 15) is 4.79 Å². The second-order valence-corrected chi connectivity index (χ2v) is 7.94. The number of carbonyl (C=O) groups is 1. The molecule has 0 radical (unpaired) electrons. The average Bonchev–Trinajstić information content (AvgIpc) is 3.41. The molecule has 2 aromatic heterocycles. The molecular weight excluding hydrogens is 362 g/mol. The van der Waals surface area contributed by atoms with Gasteiger partial charge >= 0.3 is 0 Å². The molecule has 1 aliphatic heterocycles. The van der Waals surface area contributed by atoms with Gasteiger partial charge in [-0.3, -0.25) is 4.79 Å². The highest BCUT2D eigenvalue weighted by atomic mass is 16.2. The van der Waals surface area contributed by atoms with E-state index >= 15 is 0 Å². The molecule has 1 N–H and O–H groups in total. The van der Waals surface area contributed by atoms with Gasteiger partial charge in [0.1, 0.15) is 11.6 Å². The summed E-state index contributed by atoms with van der Waals surface area (Å²) in [5.41, 5.74) is 5.28. The fourth-order valence-electron chi connectivity index (χ4n) is 4.48. The van der Waals surface area contributed by atoms with Gasteiger partial charge in [0.05, 0.1) is 28.1 Å². The molecular formula is C23H25N5O. The Labute approximate surface area is 169 Å². The van der Waals surface area contributed by atoms with E-state index in [0.29, 0.717) is 13.0 Å². The van der Waals surface area contributed by atoms with Crippen molar-refractivity contribution in [2.24, 2.45) is 0 Å². The molecule has 1 amide bonds. The number of aryl methyl sites for hydroxylation is 3. The number of nitrogens with zero attached hydrogens (tertiary/aromatic N) is 4. The summed E-state index contributed by atoms with van der Waals surface area (Å²) in [7, 11) is 0. The van der Waals surface area contributed by atoms with Crippen LogP contribution in [-0.4, -0.2) is 36.9 Å². The smallest absolute Gasteiger partial charge is 0.224 e. The lowest BCUT2D eigenvalue weighted by Gasteiger charge is -2.23. The zero-order valence-electron chi connectivity index (χ0n) is 16.9. The van der Waals surface area contributed by atoms with Gasteiger partial charge in [0, 0.05) is 19.5 Å². The Morgan fingerprint density at radius 1 is 1.14 bits per heavy atom. The number of benzene rings is 2. The number of fused-ring (bicyclic) bond motifs is 2. The van der Waals surface area contributed by atoms with Gasteiger partial charge < -0.3 is 14.5 Å². The third-order valence-electron chi connectivity index (χ3n) is 5.94. The molecule has 0 spiro atoms. The molecule has 6 heteroatoms. The Kier molecular flexibility index (Phi) is 4.34. The summed E-state index contributed by atoms with van der Waals surface area (Å²) in [5, 5.41) is 0. The molecule has 148 valence electrons. The standard InChI is InChI=1S/C23H25N5O/c1-15-9-10-17-19(14-15)26-23(25-17)21-8-5-12-28(21)22(29)11-13-27-16(2)24-18-6-3-4-7-20(18)27/h3-4,6-7,9-10,14,21H,5,8,11-13H2,1-2H3,(H,25,26)/t21-/m1/s1. The van der Waals surface area contributed by atoms with E-state index < -0.39 is 0 Å². The fourth-order valence-corrected chi connectivity index (χ4v) is 4.48. The number of hydrogen-bond donors (Lipinski definition) is 1. The quantitative estimate of drug-likeness (QED) is 0.568. The minimum absolute atomic E-state index is 0.0378. The van der Waals surface area contributed by atoms with Gasteiger partial charge in [-0.25, -0.2) is 9.97 Å². The van der Waals surface area contributed by atoms with Crippen LogP contribution in [0.2, 0.25) is 0 Å². The third-order valence-corrected chi connectivity index (χ3v) is 5.94. The van der Waals surface area contributed by atoms with Crippen molar-refractivity contribution in [2.75, 3.05) is 6.54 Å². The fraction of sp³-hybridized carbons (Fsp3) is 0.348. The second kappa shape index (κ2) is 7.03.